The van der Waals surface area contributed by atoms with E-state index in [1.807, 2.05) is 0 Å². The number of amides is 1. The Kier molecular flexibility index (Phi) is 3.29. The van der Waals surface area contributed by atoms with Gasteiger partial charge in [-0.1, -0.05) is 13.8 Å². The van der Waals surface area contributed by atoms with E-state index in [1.54, 1.807) is 0 Å². The normalized spacial score (nSPS) is 31.5. The lowest BCUT2D eigenvalue weighted by molar-refractivity contribution is -0.132. The van der Waals surface area contributed by atoms with Crippen LogP contribution in [0.15, 0.2) is 0 Å². The fourth-order valence-corrected chi connectivity index (χ4v) is 2.65. The number of nitrogens with one attached hydrogen (secondary N) is 1. The maximum absolute atomic E-state index is 12.1. The first-order chi connectivity index (χ1) is 7.18. The van der Waals surface area contributed by atoms with E-state index in [9.17, 15) is 4.79 Å². The molecule has 0 radical (unpaired) electrons. The molecule has 86 valence electrons. The third-order valence-electron chi connectivity index (χ3n) is 3.84. The van der Waals surface area contributed by atoms with Crippen molar-refractivity contribution in [2.75, 3.05) is 19.6 Å². The molecule has 2 fully saturated rings. The molecule has 0 spiro atoms. The molecule has 0 saturated carbocycles. The highest BCUT2D eigenvalue weighted by molar-refractivity contribution is 5.82. The van der Waals surface area contributed by atoms with E-state index in [4.69, 9.17) is 0 Å². The van der Waals surface area contributed by atoms with Crippen LogP contribution in [-0.4, -0.2) is 36.5 Å². The van der Waals surface area contributed by atoms with Gasteiger partial charge in [-0.2, -0.15) is 0 Å². The van der Waals surface area contributed by atoms with Gasteiger partial charge in [0, 0.05) is 13.1 Å². The number of rotatable bonds is 2. The Hall–Kier alpha value is -0.570. The van der Waals surface area contributed by atoms with Gasteiger partial charge in [0.25, 0.3) is 0 Å². The first-order valence-corrected chi connectivity index (χ1v) is 6.20. The molecular formula is C12H22N2O. The lowest BCUT2D eigenvalue weighted by atomic mass is 9.95. The summed E-state index contributed by atoms with van der Waals surface area (Å²) in [7, 11) is 0. The van der Waals surface area contributed by atoms with Crippen LogP contribution in [0.2, 0.25) is 0 Å². The maximum atomic E-state index is 12.1. The minimum Gasteiger partial charge on any atom is -0.341 e. The van der Waals surface area contributed by atoms with Crippen LogP contribution < -0.4 is 5.32 Å². The predicted molar refractivity (Wildman–Crippen MR) is 60.5 cm³/mol. The number of likely N-dealkylation sites (tertiary alicyclic amines) is 1. The highest BCUT2D eigenvalue weighted by Crippen LogP contribution is 2.24. The van der Waals surface area contributed by atoms with Crippen LogP contribution in [0.5, 0.6) is 0 Å². The summed E-state index contributed by atoms with van der Waals surface area (Å²) in [5.41, 5.74) is 0. The van der Waals surface area contributed by atoms with Gasteiger partial charge in [-0.05, 0) is 37.6 Å². The minimum atomic E-state index is 0.121. The van der Waals surface area contributed by atoms with Gasteiger partial charge >= 0.3 is 0 Å². The van der Waals surface area contributed by atoms with Crippen molar-refractivity contribution in [2.24, 2.45) is 11.8 Å². The molecule has 2 heterocycles. The summed E-state index contributed by atoms with van der Waals surface area (Å²) in [6, 6.07) is 0.121. The summed E-state index contributed by atoms with van der Waals surface area (Å²) in [6.07, 6.45) is 3.37. The van der Waals surface area contributed by atoms with Gasteiger partial charge in [-0.3, -0.25) is 4.79 Å². The molecule has 0 aromatic carbocycles. The molecule has 15 heavy (non-hydrogen) atoms. The highest BCUT2D eigenvalue weighted by Gasteiger charge is 2.32. The molecule has 0 aliphatic carbocycles. The molecule has 2 atom stereocenters. The van der Waals surface area contributed by atoms with Crippen LogP contribution in [-0.2, 0) is 4.79 Å². The first-order valence-electron chi connectivity index (χ1n) is 6.20. The molecule has 2 aliphatic rings. The zero-order valence-electron chi connectivity index (χ0n) is 9.83. The topological polar surface area (TPSA) is 32.3 Å². The van der Waals surface area contributed by atoms with Crippen LogP contribution in [0.3, 0.4) is 0 Å². The summed E-state index contributed by atoms with van der Waals surface area (Å²) in [4.78, 5) is 14.1. The van der Waals surface area contributed by atoms with Crippen molar-refractivity contribution in [1.29, 1.82) is 0 Å². The van der Waals surface area contributed by atoms with Crippen molar-refractivity contribution < 1.29 is 4.79 Å². The number of hydrogen-bond donors (Lipinski definition) is 1. The highest BCUT2D eigenvalue weighted by atomic mass is 16.2. The van der Waals surface area contributed by atoms with Crippen LogP contribution >= 0.6 is 0 Å². The van der Waals surface area contributed by atoms with Crippen LogP contribution in [0.4, 0.5) is 0 Å². The van der Waals surface area contributed by atoms with E-state index in [0.29, 0.717) is 11.8 Å². The Labute approximate surface area is 92.2 Å². The molecule has 1 amide bonds. The van der Waals surface area contributed by atoms with Gasteiger partial charge in [0.05, 0.1) is 6.04 Å². The average Bonchev–Trinajstić information content (AvgIpc) is 2.88. The molecule has 3 nitrogen and oxygen atoms in total. The molecule has 0 bridgehead atoms. The molecule has 2 saturated heterocycles. The van der Waals surface area contributed by atoms with Gasteiger partial charge in [0.2, 0.25) is 5.91 Å². The predicted octanol–water partition coefficient (Wildman–Crippen LogP) is 1.24. The standard InChI is InChI=1S/C12H22N2O/c1-9(2)10-5-7-14(8-10)12(15)11-4-3-6-13-11/h9-11,13H,3-8H2,1-2H3. The van der Waals surface area contributed by atoms with Gasteiger partial charge in [-0.15, -0.1) is 0 Å². The van der Waals surface area contributed by atoms with E-state index in [2.05, 4.69) is 24.1 Å². The zero-order chi connectivity index (χ0) is 10.8. The van der Waals surface area contributed by atoms with Gasteiger partial charge in [0.1, 0.15) is 0 Å². The zero-order valence-corrected chi connectivity index (χ0v) is 9.83. The summed E-state index contributed by atoms with van der Waals surface area (Å²) in [5.74, 6) is 1.77. The first kappa shape index (κ1) is 10.9. The quantitative estimate of drug-likeness (QED) is 0.744. The third-order valence-corrected chi connectivity index (χ3v) is 3.84. The Morgan fingerprint density at radius 1 is 1.40 bits per heavy atom. The minimum absolute atomic E-state index is 0.121. The van der Waals surface area contributed by atoms with Gasteiger partial charge in [0.15, 0.2) is 0 Å². The Balaban J connectivity index is 1.87. The number of carbonyl (C=O) groups is 1. The molecule has 2 rings (SSSR count). The largest absolute Gasteiger partial charge is 0.341 e. The summed E-state index contributed by atoms with van der Waals surface area (Å²) in [5, 5.41) is 3.29. The molecule has 1 N–H and O–H groups in total. The SMILES string of the molecule is CC(C)C1CCN(C(=O)C2CCCN2)C1. The number of nitrogens with zero attached hydrogens (tertiary/aromatic N) is 1. The van der Waals surface area contributed by atoms with Crippen molar-refractivity contribution in [3.05, 3.63) is 0 Å². The summed E-state index contributed by atoms with van der Waals surface area (Å²) < 4.78 is 0. The van der Waals surface area contributed by atoms with Crippen molar-refractivity contribution in [3.63, 3.8) is 0 Å². The molecular weight excluding hydrogens is 188 g/mol. The van der Waals surface area contributed by atoms with E-state index in [1.165, 1.54) is 6.42 Å². The monoisotopic (exact) mass is 210 g/mol. The number of hydrogen-bond acceptors (Lipinski definition) is 2. The van der Waals surface area contributed by atoms with Crippen molar-refractivity contribution in [1.82, 2.24) is 10.2 Å². The van der Waals surface area contributed by atoms with Gasteiger partial charge < -0.3 is 10.2 Å². The second kappa shape index (κ2) is 4.52. The van der Waals surface area contributed by atoms with E-state index in [-0.39, 0.29) is 6.04 Å². The maximum Gasteiger partial charge on any atom is 0.239 e. The Bertz CT molecular complexity index is 234. The third kappa shape index (κ3) is 2.33. The fourth-order valence-electron chi connectivity index (χ4n) is 2.65. The van der Waals surface area contributed by atoms with Gasteiger partial charge in [-0.25, -0.2) is 0 Å². The molecule has 2 aliphatic heterocycles. The Morgan fingerprint density at radius 2 is 2.20 bits per heavy atom. The summed E-state index contributed by atoms with van der Waals surface area (Å²) >= 11 is 0. The molecule has 0 aromatic rings. The van der Waals surface area contributed by atoms with Crippen molar-refractivity contribution >= 4 is 5.91 Å². The lowest BCUT2D eigenvalue weighted by Gasteiger charge is -2.21. The van der Waals surface area contributed by atoms with Crippen molar-refractivity contribution in [2.45, 2.75) is 39.2 Å². The second-order valence-corrected chi connectivity index (χ2v) is 5.23. The van der Waals surface area contributed by atoms with E-state index >= 15 is 0 Å². The molecule has 3 heteroatoms. The van der Waals surface area contributed by atoms with Crippen LogP contribution in [0.1, 0.15) is 33.1 Å². The van der Waals surface area contributed by atoms with E-state index < -0.39 is 0 Å². The lowest BCUT2D eigenvalue weighted by Crippen LogP contribution is -2.42. The smallest absolute Gasteiger partial charge is 0.239 e. The average molecular weight is 210 g/mol. The molecule has 2 unspecified atom stereocenters. The molecule has 0 aromatic heterocycles. The number of carbonyl (C=O) groups excluding carboxylic acids is 1. The van der Waals surface area contributed by atoms with E-state index in [0.717, 1.165) is 38.4 Å². The van der Waals surface area contributed by atoms with Crippen molar-refractivity contribution in [3.8, 4) is 0 Å². The second-order valence-electron chi connectivity index (χ2n) is 5.23. The fraction of sp³-hybridized carbons (Fsp3) is 0.917. The van der Waals surface area contributed by atoms with Crippen LogP contribution in [0.25, 0.3) is 0 Å². The van der Waals surface area contributed by atoms with Crippen LogP contribution in [0, 0.1) is 11.8 Å². The Morgan fingerprint density at radius 3 is 2.73 bits per heavy atom. The summed E-state index contributed by atoms with van der Waals surface area (Å²) in [6.45, 7) is 7.48.